The lowest BCUT2D eigenvalue weighted by Gasteiger charge is -2.42. The van der Waals surface area contributed by atoms with Crippen molar-refractivity contribution >= 4 is 5.91 Å². The number of hydrogen-bond donors (Lipinski definition) is 4. The number of carbonyl (C=O) groups is 1. The lowest BCUT2D eigenvalue weighted by atomic mass is 9.97. The van der Waals surface area contributed by atoms with Gasteiger partial charge in [0.15, 0.2) is 6.29 Å². The molecule has 0 bridgehead atoms. The molecule has 136 valence electrons. The van der Waals surface area contributed by atoms with Crippen molar-refractivity contribution in [3.05, 3.63) is 0 Å². The molecule has 1 saturated heterocycles. The summed E-state index contributed by atoms with van der Waals surface area (Å²) >= 11 is 0. The Bertz CT molecular complexity index is 343. The molecule has 23 heavy (non-hydrogen) atoms. The molecule has 0 aromatic heterocycles. The van der Waals surface area contributed by atoms with E-state index in [1.807, 2.05) is 6.92 Å². The van der Waals surface area contributed by atoms with Crippen LogP contribution >= 0.6 is 0 Å². The molecule has 1 aliphatic rings. The van der Waals surface area contributed by atoms with E-state index in [4.69, 9.17) is 18.9 Å². The van der Waals surface area contributed by atoms with Crippen molar-refractivity contribution in [1.29, 1.82) is 0 Å². The van der Waals surface area contributed by atoms with Gasteiger partial charge in [0.2, 0.25) is 5.91 Å². The first-order valence-corrected chi connectivity index (χ1v) is 7.67. The van der Waals surface area contributed by atoms with Crippen molar-refractivity contribution in [2.24, 2.45) is 0 Å². The lowest BCUT2D eigenvalue weighted by molar-refractivity contribution is -0.272. The molecule has 4 N–H and O–H groups in total. The Balaban J connectivity index is 2.45. The van der Waals surface area contributed by atoms with Crippen LogP contribution in [-0.2, 0) is 23.7 Å². The normalized spacial score (nSPS) is 31.1. The molecule has 9 nitrogen and oxygen atoms in total. The van der Waals surface area contributed by atoms with Crippen LogP contribution in [0.15, 0.2) is 0 Å². The highest BCUT2D eigenvalue weighted by molar-refractivity contribution is 5.73. The van der Waals surface area contributed by atoms with E-state index in [9.17, 15) is 20.1 Å². The molecule has 0 aromatic carbocycles. The van der Waals surface area contributed by atoms with Gasteiger partial charge in [-0.1, -0.05) is 0 Å². The summed E-state index contributed by atoms with van der Waals surface area (Å²) < 4.78 is 21.3. The third-order valence-corrected chi connectivity index (χ3v) is 3.34. The van der Waals surface area contributed by atoms with Gasteiger partial charge in [0, 0.05) is 13.5 Å². The van der Waals surface area contributed by atoms with Crippen molar-refractivity contribution < 1.29 is 39.1 Å². The Labute approximate surface area is 135 Å². The fourth-order valence-electron chi connectivity index (χ4n) is 2.20. The van der Waals surface area contributed by atoms with E-state index in [-0.39, 0.29) is 13.2 Å². The van der Waals surface area contributed by atoms with Crippen LogP contribution in [0.1, 0.15) is 13.8 Å². The third-order valence-electron chi connectivity index (χ3n) is 3.34. The average Bonchev–Trinajstić information content (AvgIpc) is 2.52. The van der Waals surface area contributed by atoms with Gasteiger partial charge in [0.25, 0.3) is 0 Å². The van der Waals surface area contributed by atoms with Crippen LogP contribution in [0.25, 0.3) is 0 Å². The number of ether oxygens (including phenoxy) is 4. The molecule has 0 saturated carbocycles. The van der Waals surface area contributed by atoms with E-state index in [1.165, 1.54) is 6.92 Å². The summed E-state index contributed by atoms with van der Waals surface area (Å²) in [6.07, 6.45) is -4.61. The molecule has 5 atom stereocenters. The molecule has 9 heteroatoms. The van der Waals surface area contributed by atoms with Crippen molar-refractivity contribution in [3.63, 3.8) is 0 Å². The number of aliphatic hydroxyl groups is 3. The van der Waals surface area contributed by atoms with Gasteiger partial charge in [-0.3, -0.25) is 4.79 Å². The molecule has 1 heterocycles. The standard InChI is InChI=1S/C14H27NO8/c1-3-20-4-5-21-6-7-22-14-11(15-9(2)17)13(19)12(18)10(8-16)23-14/h10-14,16,18-19H,3-8H2,1-2H3,(H,15,17)/t10?,11?,12-,13?,14+/m0/s1. The number of amides is 1. The van der Waals surface area contributed by atoms with Crippen LogP contribution in [0.2, 0.25) is 0 Å². The first kappa shape index (κ1) is 20.2. The van der Waals surface area contributed by atoms with Gasteiger partial charge in [-0.25, -0.2) is 0 Å². The molecule has 0 spiro atoms. The maximum Gasteiger partial charge on any atom is 0.217 e. The van der Waals surface area contributed by atoms with Crippen molar-refractivity contribution in [1.82, 2.24) is 5.32 Å². The second-order valence-electron chi connectivity index (χ2n) is 5.11. The SMILES string of the molecule is CCOCCOCCO[C@@H]1OC(CO)[C@H](O)C(O)C1NC(C)=O. The summed E-state index contributed by atoms with van der Waals surface area (Å²) in [7, 11) is 0. The number of carbonyl (C=O) groups excluding carboxylic acids is 1. The van der Waals surface area contributed by atoms with Gasteiger partial charge in [-0.2, -0.15) is 0 Å². The van der Waals surface area contributed by atoms with Crippen molar-refractivity contribution in [2.75, 3.05) is 39.6 Å². The van der Waals surface area contributed by atoms with E-state index in [0.29, 0.717) is 19.8 Å². The first-order valence-electron chi connectivity index (χ1n) is 7.67. The number of aliphatic hydroxyl groups excluding tert-OH is 3. The highest BCUT2D eigenvalue weighted by atomic mass is 16.7. The molecule has 1 amide bonds. The van der Waals surface area contributed by atoms with Crippen molar-refractivity contribution in [2.45, 2.75) is 44.5 Å². The summed E-state index contributed by atoms with van der Waals surface area (Å²) in [4.78, 5) is 11.2. The summed E-state index contributed by atoms with van der Waals surface area (Å²) in [5, 5.41) is 31.6. The summed E-state index contributed by atoms with van der Waals surface area (Å²) in [5.74, 6) is -0.395. The maximum atomic E-state index is 11.2. The number of nitrogens with one attached hydrogen (secondary N) is 1. The number of rotatable bonds is 10. The highest BCUT2D eigenvalue weighted by Crippen LogP contribution is 2.22. The zero-order chi connectivity index (χ0) is 17.2. The Hall–Kier alpha value is -0.810. The minimum atomic E-state index is -1.32. The van der Waals surface area contributed by atoms with Gasteiger partial charge >= 0.3 is 0 Å². The van der Waals surface area contributed by atoms with Crippen molar-refractivity contribution in [3.8, 4) is 0 Å². The Morgan fingerprint density at radius 3 is 2.39 bits per heavy atom. The van der Waals surface area contributed by atoms with E-state index >= 15 is 0 Å². The van der Waals surface area contributed by atoms with Crippen LogP contribution in [0.4, 0.5) is 0 Å². The van der Waals surface area contributed by atoms with Crippen LogP contribution in [0.3, 0.4) is 0 Å². The zero-order valence-electron chi connectivity index (χ0n) is 13.5. The fraction of sp³-hybridized carbons (Fsp3) is 0.929. The molecule has 1 aliphatic heterocycles. The number of hydrogen-bond acceptors (Lipinski definition) is 8. The fourth-order valence-corrected chi connectivity index (χ4v) is 2.20. The third kappa shape index (κ3) is 6.68. The smallest absolute Gasteiger partial charge is 0.217 e. The second-order valence-corrected chi connectivity index (χ2v) is 5.11. The first-order chi connectivity index (χ1) is 11.0. The van der Waals surface area contributed by atoms with Gasteiger partial charge in [0.1, 0.15) is 24.4 Å². The highest BCUT2D eigenvalue weighted by Gasteiger charge is 2.45. The Morgan fingerprint density at radius 2 is 1.78 bits per heavy atom. The van der Waals surface area contributed by atoms with Crippen LogP contribution < -0.4 is 5.32 Å². The molecular formula is C14H27NO8. The summed E-state index contributed by atoms with van der Waals surface area (Å²) in [6.45, 7) is 4.68. The van der Waals surface area contributed by atoms with E-state index in [1.54, 1.807) is 0 Å². The van der Waals surface area contributed by atoms with Gasteiger partial charge in [-0.05, 0) is 6.92 Å². The van der Waals surface area contributed by atoms with E-state index in [0.717, 1.165) is 0 Å². The minimum absolute atomic E-state index is 0.161. The topological polar surface area (TPSA) is 127 Å². The van der Waals surface area contributed by atoms with Crippen LogP contribution in [-0.4, -0.2) is 91.5 Å². The molecule has 0 aliphatic carbocycles. The largest absolute Gasteiger partial charge is 0.394 e. The molecule has 1 rings (SSSR count). The van der Waals surface area contributed by atoms with Gasteiger partial charge in [0.05, 0.1) is 33.0 Å². The predicted octanol–water partition coefficient (Wildman–Crippen LogP) is -2.00. The summed E-state index contributed by atoms with van der Waals surface area (Å²) in [5.41, 5.74) is 0. The average molecular weight is 337 g/mol. The quantitative estimate of drug-likeness (QED) is 0.337. The van der Waals surface area contributed by atoms with Gasteiger partial charge in [-0.15, -0.1) is 0 Å². The van der Waals surface area contributed by atoms with E-state index < -0.39 is 43.2 Å². The monoisotopic (exact) mass is 337 g/mol. The van der Waals surface area contributed by atoms with Crippen LogP contribution in [0, 0.1) is 0 Å². The Kier molecular flexibility index (Phi) is 9.56. The molecule has 0 radical (unpaired) electrons. The zero-order valence-corrected chi connectivity index (χ0v) is 13.5. The summed E-state index contributed by atoms with van der Waals surface area (Å²) in [6, 6.07) is -0.936. The molecule has 1 fully saturated rings. The lowest BCUT2D eigenvalue weighted by Crippen LogP contribution is -2.64. The van der Waals surface area contributed by atoms with Crippen LogP contribution in [0.5, 0.6) is 0 Å². The predicted molar refractivity (Wildman–Crippen MR) is 78.6 cm³/mol. The Morgan fingerprint density at radius 1 is 1.13 bits per heavy atom. The molecule has 3 unspecified atom stereocenters. The molecular weight excluding hydrogens is 310 g/mol. The van der Waals surface area contributed by atoms with E-state index in [2.05, 4.69) is 5.32 Å². The minimum Gasteiger partial charge on any atom is -0.394 e. The molecule has 0 aromatic rings. The van der Waals surface area contributed by atoms with Gasteiger partial charge < -0.3 is 39.6 Å². The maximum absolute atomic E-state index is 11.2. The second kappa shape index (κ2) is 10.9.